The van der Waals surface area contributed by atoms with Crippen molar-refractivity contribution < 1.29 is 19.2 Å². The normalized spacial score (nSPS) is 11.4. The molecule has 29 heavy (non-hydrogen) atoms. The second-order valence-electron chi connectivity index (χ2n) is 6.16. The summed E-state index contributed by atoms with van der Waals surface area (Å²) >= 11 is 1.54. The molecule has 1 amide bonds. The minimum atomic E-state index is -0.810. The summed E-state index contributed by atoms with van der Waals surface area (Å²) in [6.45, 7) is 0.409. The minimum absolute atomic E-state index is 0.0972. The highest BCUT2D eigenvalue weighted by molar-refractivity contribution is 7.98. The zero-order chi connectivity index (χ0) is 21.2. The highest BCUT2D eigenvalue weighted by Gasteiger charge is 2.23. The summed E-state index contributed by atoms with van der Waals surface area (Å²) in [6.07, 6.45) is 2.29. The molecule has 2 N–H and O–H groups in total. The number of esters is 1. The predicted molar refractivity (Wildman–Crippen MR) is 113 cm³/mol. The summed E-state index contributed by atoms with van der Waals surface area (Å²) in [4.78, 5) is 35.3. The van der Waals surface area contributed by atoms with Crippen LogP contribution in [0, 0.1) is 10.1 Å². The summed E-state index contributed by atoms with van der Waals surface area (Å²) in [5, 5.41) is 17.1. The van der Waals surface area contributed by atoms with Crippen molar-refractivity contribution in [2.45, 2.75) is 19.0 Å². The van der Waals surface area contributed by atoms with Gasteiger partial charge < -0.3 is 15.4 Å². The van der Waals surface area contributed by atoms with E-state index in [-0.39, 0.29) is 11.3 Å². The van der Waals surface area contributed by atoms with Gasteiger partial charge in [-0.05, 0) is 36.1 Å². The van der Waals surface area contributed by atoms with Crippen LogP contribution in [0.15, 0.2) is 48.5 Å². The quantitative estimate of drug-likeness (QED) is 0.347. The monoisotopic (exact) mass is 417 g/mol. The van der Waals surface area contributed by atoms with E-state index >= 15 is 0 Å². The van der Waals surface area contributed by atoms with E-state index in [0.29, 0.717) is 24.4 Å². The van der Waals surface area contributed by atoms with E-state index in [2.05, 4.69) is 10.6 Å². The Morgan fingerprint density at radius 1 is 1.21 bits per heavy atom. The van der Waals surface area contributed by atoms with Gasteiger partial charge in [-0.3, -0.25) is 14.9 Å². The second kappa shape index (κ2) is 11.1. The van der Waals surface area contributed by atoms with Crippen molar-refractivity contribution >= 4 is 35.0 Å². The van der Waals surface area contributed by atoms with Gasteiger partial charge in [-0.25, -0.2) is 4.79 Å². The third kappa shape index (κ3) is 6.49. The molecule has 0 unspecified atom stereocenters. The fraction of sp³-hybridized carbons (Fsp3) is 0.300. The van der Waals surface area contributed by atoms with E-state index in [4.69, 9.17) is 4.74 Å². The molecule has 1 atom stereocenters. The van der Waals surface area contributed by atoms with Gasteiger partial charge in [0.2, 0.25) is 0 Å². The molecule has 0 heterocycles. The maximum atomic E-state index is 12.5. The van der Waals surface area contributed by atoms with Gasteiger partial charge in [0.05, 0.1) is 12.0 Å². The Kier molecular flexibility index (Phi) is 8.47. The predicted octanol–water partition coefficient (Wildman–Crippen LogP) is 3.23. The second-order valence-corrected chi connectivity index (χ2v) is 7.14. The minimum Gasteiger partial charge on any atom is -0.467 e. The molecular weight excluding hydrogens is 394 g/mol. The molecule has 0 aliphatic heterocycles. The SMILES string of the molecule is COC(=O)[C@H](CCSC)NC(=O)c1ccc(NCc2ccccc2)c([N+](=O)[O-])c1. The van der Waals surface area contributed by atoms with Crippen molar-refractivity contribution in [1.29, 1.82) is 0 Å². The molecule has 0 radical (unpaired) electrons. The van der Waals surface area contributed by atoms with Crippen LogP contribution < -0.4 is 10.6 Å². The Bertz CT molecular complexity index is 860. The maximum Gasteiger partial charge on any atom is 0.328 e. The number of carbonyl (C=O) groups excluding carboxylic acids is 2. The number of ether oxygens (including phenoxy) is 1. The van der Waals surface area contributed by atoms with Crippen LogP contribution in [0.2, 0.25) is 0 Å². The lowest BCUT2D eigenvalue weighted by atomic mass is 10.1. The molecule has 2 aromatic rings. The zero-order valence-electron chi connectivity index (χ0n) is 16.2. The molecule has 2 aromatic carbocycles. The number of nitrogens with one attached hydrogen (secondary N) is 2. The molecule has 154 valence electrons. The number of thioether (sulfide) groups is 1. The van der Waals surface area contributed by atoms with Gasteiger partial charge in [-0.2, -0.15) is 11.8 Å². The van der Waals surface area contributed by atoms with Crippen LogP contribution in [0.5, 0.6) is 0 Å². The standard InChI is InChI=1S/C20H23N3O5S/c1-28-20(25)17(10-11-29-2)22-19(24)15-8-9-16(18(12-15)23(26)27)21-13-14-6-4-3-5-7-14/h3-9,12,17,21H,10-11,13H2,1-2H3,(H,22,24)/t17-/m0/s1. The number of rotatable bonds is 10. The smallest absolute Gasteiger partial charge is 0.328 e. The van der Waals surface area contributed by atoms with Crippen molar-refractivity contribution in [1.82, 2.24) is 5.32 Å². The summed E-state index contributed by atoms with van der Waals surface area (Å²) in [7, 11) is 1.25. The number of carbonyl (C=O) groups is 2. The Morgan fingerprint density at radius 3 is 2.55 bits per heavy atom. The van der Waals surface area contributed by atoms with Crippen LogP contribution in [0.4, 0.5) is 11.4 Å². The third-order valence-electron chi connectivity index (χ3n) is 4.18. The van der Waals surface area contributed by atoms with Gasteiger partial charge in [0, 0.05) is 18.2 Å². The largest absolute Gasteiger partial charge is 0.467 e. The topological polar surface area (TPSA) is 111 Å². The number of anilines is 1. The zero-order valence-corrected chi connectivity index (χ0v) is 17.0. The van der Waals surface area contributed by atoms with Crippen molar-refractivity contribution in [2.24, 2.45) is 0 Å². The van der Waals surface area contributed by atoms with Crippen LogP contribution in [0.3, 0.4) is 0 Å². The summed E-state index contributed by atoms with van der Waals surface area (Å²) in [6, 6.07) is 12.8. The first-order valence-electron chi connectivity index (χ1n) is 8.90. The maximum absolute atomic E-state index is 12.5. The Morgan fingerprint density at radius 2 is 1.93 bits per heavy atom. The van der Waals surface area contributed by atoms with Crippen LogP contribution >= 0.6 is 11.8 Å². The van der Waals surface area contributed by atoms with E-state index in [9.17, 15) is 19.7 Å². The molecule has 0 bridgehead atoms. The molecule has 0 aromatic heterocycles. The fourth-order valence-electron chi connectivity index (χ4n) is 2.64. The third-order valence-corrected chi connectivity index (χ3v) is 4.83. The molecule has 2 rings (SSSR count). The van der Waals surface area contributed by atoms with Crippen molar-refractivity contribution in [2.75, 3.05) is 24.4 Å². The lowest BCUT2D eigenvalue weighted by Gasteiger charge is -2.16. The molecule has 9 heteroatoms. The number of amides is 1. The van der Waals surface area contributed by atoms with E-state index in [1.165, 1.54) is 37.1 Å². The molecule has 0 spiro atoms. The van der Waals surface area contributed by atoms with Gasteiger partial charge in [-0.1, -0.05) is 30.3 Å². The number of hydrogen-bond donors (Lipinski definition) is 2. The van der Waals surface area contributed by atoms with Gasteiger partial charge in [0.1, 0.15) is 11.7 Å². The number of hydrogen-bond acceptors (Lipinski definition) is 7. The Labute approximate surface area is 173 Å². The molecule has 8 nitrogen and oxygen atoms in total. The molecule has 0 aliphatic carbocycles. The van der Waals surface area contributed by atoms with Crippen molar-refractivity contribution in [3.63, 3.8) is 0 Å². The Balaban J connectivity index is 2.16. The van der Waals surface area contributed by atoms with E-state index < -0.39 is 22.8 Å². The molecule has 0 aliphatic rings. The molecule has 0 saturated heterocycles. The van der Waals surface area contributed by atoms with Crippen LogP contribution in [0.1, 0.15) is 22.3 Å². The van der Waals surface area contributed by atoms with Crippen LogP contribution in [-0.2, 0) is 16.1 Å². The highest BCUT2D eigenvalue weighted by atomic mass is 32.2. The Hall–Kier alpha value is -3.07. The lowest BCUT2D eigenvalue weighted by Crippen LogP contribution is -2.41. The number of nitrogens with zero attached hydrogens (tertiary/aromatic N) is 1. The van der Waals surface area contributed by atoms with Crippen molar-refractivity contribution in [3.05, 3.63) is 69.8 Å². The average molecular weight is 417 g/mol. The van der Waals surface area contributed by atoms with Crippen LogP contribution in [-0.4, -0.2) is 42.0 Å². The van der Waals surface area contributed by atoms with Gasteiger partial charge in [0.15, 0.2) is 0 Å². The highest BCUT2D eigenvalue weighted by Crippen LogP contribution is 2.26. The van der Waals surface area contributed by atoms with Gasteiger partial charge in [-0.15, -0.1) is 0 Å². The fourth-order valence-corrected chi connectivity index (χ4v) is 3.11. The number of methoxy groups -OCH3 is 1. The van der Waals surface area contributed by atoms with Gasteiger partial charge in [0.25, 0.3) is 11.6 Å². The average Bonchev–Trinajstić information content (AvgIpc) is 2.74. The lowest BCUT2D eigenvalue weighted by molar-refractivity contribution is -0.384. The number of nitro benzene ring substituents is 1. The molecule has 0 fully saturated rings. The van der Waals surface area contributed by atoms with E-state index in [1.807, 2.05) is 36.6 Å². The van der Waals surface area contributed by atoms with Gasteiger partial charge >= 0.3 is 5.97 Å². The van der Waals surface area contributed by atoms with E-state index in [1.54, 1.807) is 0 Å². The number of nitro groups is 1. The van der Waals surface area contributed by atoms with Crippen LogP contribution in [0.25, 0.3) is 0 Å². The molecule has 0 saturated carbocycles. The summed E-state index contributed by atoms with van der Waals surface area (Å²) < 4.78 is 4.72. The van der Waals surface area contributed by atoms with E-state index in [0.717, 1.165) is 5.56 Å². The number of benzene rings is 2. The molecular formula is C20H23N3O5S. The first-order valence-corrected chi connectivity index (χ1v) is 10.3. The first kappa shape index (κ1) is 22.2. The summed E-state index contributed by atoms with van der Waals surface area (Å²) in [5.74, 6) is -0.468. The first-order chi connectivity index (χ1) is 14.0. The van der Waals surface area contributed by atoms with Crippen molar-refractivity contribution in [3.8, 4) is 0 Å². The summed E-state index contributed by atoms with van der Waals surface area (Å²) in [5.41, 5.74) is 1.16.